The van der Waals surface area contributed by atoms with Crippen molar-refractivity contribution in [2.45, 2.75) is 26.1 Å². The third-order valence-electron chi connectivity index (χ3n) is 2.17. The summed E-state index contributed by atoms with van der Waals surface area (Å²) in [7, 11) is -1.86. The van der Waals surface area contributed by atoms with E-state index in [1.807, 2.05) is 20.0 Å². The molecule has 1 aromatic rings. The predicted molar refractivity (Wildman–Crippen MR) is 59.2 cm³/mol. The molecule has 0 aliphatic heterocycles. The van der Waals surface area contributed by atoms with Gasteiger partial charge in [0.05, 0.1) is 0 Å². The molecule has 15 heavy (non-hydrogen) atoms. The van der Waals surface area contributed by atoms with Crippen LogP contribution in [0.1, 0.15) is 12.5 Å². The van der Waals surface area contributed by atoms with E-state index in [1.165, 1.54) is 12.1 Å². The third-order valence-corrected chi connectivity index (χ3v) is 4.47. The zero-order chi connectivity index (χ0) is 11.5. The van der Waals surface area contributed by atoms with Crippen LogP contribution in [0.25, 0.3) is 0 Å². The summed E-state index contributed by atoms with van der Waals surface area (Å²) in [6, 6.07) is 4.28. The molecule has 1 aromatic carbocycles. The lowest BCUT2D eigenvalue weighted by molar-refractivity contribution is 0.328. The first-order chi connectivity index (χ1) is 6.94. The van der Waals surface area contributed by atoms with Gasteiger partial charge in [0.2, 0.25) is 0 Å². The van der Waals surface area contributed by atoms with Crippen molar-refractivity contribution in [2.24, 2.45) is 0 Å². The fourth-order valence-corrected chi connectivity index (χ4v) is 3.65. The average molecular weight is 230 g/mol. The van der Waals surface area contributed by atoms with Crippen molar-refractivity contribution in [1.29, 1.82) is 0 Å². The summed E-state index contributed by atoms with van der Waals surface area (Å²) >= 11 is 0. The van der Waals surface area contributed by atoms with Gasteiger partial charge in [0.1, 0.15) is 11.6 Å². The molecule has 0 amide bonds. The SMILES string of the molecule is CCO[Si](C)(C)Cc1ccc(F)cc1F. The Kier molecular flexibility index (Phi) is 3.99. The summed E-state index contributed by atoms with van der Waals surface area (Å²) in [6.45, 7) is 6.62. The molecule has 1 rings (SSSR count). The Morgan fingerprint density at radius 1 is 1.27 bits per heavy atom. The molecule has 0 saturated carbocycles. The molecule has 1 nitrogen and oxygen atoms in total. The van der Waals surface area contributed by atoms with Gasteiger partial charge in [-0.3, -0.25) is 0 Å². The van der Waals surface area contributed by atoms with E-state index in [4.69, 9.17) is 4.43 Å². The lowest BCUT2D eigenvalue weighted by atomic mass is 10.2. The minimum Gasteiger partial charge on any atom is -0.417 e. The second-order valence-corrected chi connectivity index (χ2v) is 8.27. The van der Waals surface area contributed by atoms with Crippen LogP contribution >= 0.6 is 0 Å². The quantitative estimate of drug-likeness (QED) is 0.721. The lowest BCUT2D eigenvalue weighted by Crippen LogP contribution is -2.34. The second kappa shape index (κ2) is 4.85. The molecule has 0 unspecified atom stereocenters. The van der Waals surface area contributed by atoms with Crippen LogP contribution in [0.2, 0.25) is 13.1 Å². The molecule has 0 aromatic heterocycles. The van der Waals surface area contributed by atoms with Crippen LogP contribution in [0.15, 0.2) is 18.2 Å². The van der Waals surface area contributed by atoms with Crippen LogP contribution in [0.3, 0.4) is 0 Å². The predicted octanol–water partition coefficient (Wildman–Crippen LogP) is 3.29. The standard InChI is InChI=1S/C11H16F2OSi/c1-4-14-15(2,3)8-9-5-6-10(12)7-11(9)13/h5-7H,4,8H2,1-3H3. The highest BCUT2D eigenvalue weighted by atomic mass is 28.4. The van der Waals surface area contributed by atoms with Crippen LogP contribution in [0.5, 0.6) is 0 Å². The molecule has 0 saturated heterocycles. The number of hydrogen-bond acceptors (Lipinski definition) is 1. The summed E-state index contributed by atoms with van der Waals surface area (Å²) in [5, 5.41) is 0. The van der Waals surface area contributed by atoms with Crippen LogP contribution in [-0.2, 0) is 10.5 Å². The van der Waals surface area contributed by atoms with E-state index < -0.39 is 20.0 Å². The van der Waals surface area contributed by atoms with Crippen LogP contribution in [0, 0.1) is 11.6 Å². The maximum atomic E-state index is 13.3. The molecule has 0 heterocycles. The molecule has 0 N–H and O–H groups in total. The number of hydrogen-bond donors (Lipinski definition) is 0. The molecule has 0 radical (unpaired) electrons. The normalized spacial score (nSPS) is 11.8. The first-order valence-corrected chi connectivity index (χ1v) is 8.14. The summed E-state index contributed by atoms with van der Waals surface area (Å²) in [4.78, 5) is 0. The topological polar surface area (TPSA) is 9.23 Å². The van der Waals surface area contributed by atoms with Gasteiger partial charge in [-0.2, -0.15) is 0 Å². The summed E-state index contributed by atoms with van der Waals surface area (Å²) in [5.41, 5.74) is 0.543. The van der Waals surface area contributed by atoms with E-state index >= 15 is 0 Å². The fraction of sp³-hybridized carbons (Fsp3) is 0.455. The van der Waals surface area contributed by atoms with E-state index in [0.29, 0.717) is 18.2 Å². The van der Waals surface area contributed by atoms with E-state index in [1.54, 1.807) is 0 Å². The van der Waals surface area contributed by atoms with Crippen molar-refractivity contribution in [3.8, 4) is 0 Å². The van der Waals surface area contributed by atoms with Crippen molar-refractivity contribution in [2.75, 3.05) is 6.61 Å². The highest BCUT2D eigenvalue weighted by molar-refractivity contribution is 6.70. The Balaban J connectivity index is 2.80. The smallest absolute Gasteiger partial charge is 0.191 e. The molecular formula is C11H16F2OSi. The molecule has 0 atom stereocenters. The Labute approximate surface area is 90.2 Å². The monoisotopic (exact) mass is 230 g/mol. The highest BCUT2D eigenvalue weighted by Crippen LogP contribution is 2.17. The van der Waals surface area contributed by atoms with Crippen LogP contribution in [0.4, 0.5) is 8.78 Å². The molecule has 84 valence electrons. The molecule has 0 bridgehead atoms. The van der Waals surface area contributed by atoms with Gasteiger partial charge in [0.25, 0.3) is 0 Å². The zero-order valence-corrected chi connectivity index (χ0v) is 10.3. The summed E-state index contributed by atoms with van der Waals surface area (Å²) in [6.07, 6.45) is 0. The second-order valence-electron chi connectivity index (χ2n) is 4.11. The fourth-order valence-electron chi connectivity index (χ4n) is 1.57. The third kappa shape index (κ3) is 3.72. The van der Waals surface area contributed by atoms with Gasteiger partial charge >= 0.3 is 0 Å². The van der Waals surface area contributed by atoms with E-state index in [2.05, 4.69) is 0 Å². The molecule has 0 aliphatic rings. The highest BCUT2D eigenvalue weighted by Gasteiger charge is 2.23. The Morgan fingerprint density at radius 3 is 2.47 bits per heavy atom. The Bertz CT molecular complexity index is 339. The van der Waals surface area contributed by atoms with Gasteiger partial charge in [-0.25, -0.2) is 8.78 Å². The van der Waals surface area contributed by atoms with Gasteiger partial charge in [0.15, 0.2) is 8.32 Å². The van der Waals surface area contributed by atoms with Gasteiger partial charge in [-0.15, -0.1) is 0 Å². The van der Waals surface area contributed by atoms with Gasteiger partial charge in [-0.1, -0.05) is 6.07 Å². The van der Waals surface area contributed by atoms with Crippen molar-refractivity contribution < 1.29 is 13.2 Å². The van der Waals surface area contributed by atoms with E-state index in [-0.39, 0.29) is 0 Å². The van der Waals surface area contributed by atoms with Crippen molar-refractivity contribution >= 4 is 8.32 Å². The molecule has 4 heteroatoms. The lowest BCUT2D eigenvalue weighted by Gasteiger charge is -2.22. The van der Waals surface area contributed by atoms with Gasteiger partial charge < -0.3 is 4.43 Å². The number of benzene rings is 1. The first kappa shape index (κ1) is 12.3. The maximum absolute atomic E-state index is 13.3. The minimum atomic E-state index is -1.86. The molecule has 0 fully saturated rings. The molecule has 0 aliphatic carbocycles. The summed E-state index contributed by atoms with van der Waals surface area (Å²) < 4.78 is 31.6. The number of rotatable bonds is 4. The number of halogens is 2. The van der Waals surface area contributed by atoms with Gasteiger partial charge in [-0.05, 0) is 37.7 Å². The van der Waals surface area contributed by atoms with Crippen molar-refractivity contribution in [3.05, 3.63) is 35.4 Å². The van der Waals surface area contributed by atoms with Crippen LogP contribution < -0.4 is 0 Å². The summed E-state index contributed by atoms with van der Waals surface area (Å²) in [5.74, 6) is -1.01. The van der Waals surface area contributed by atoms with E-state index in [9.17, 15) is 8.78 Å². The largest absolute Gasteiger partial charge is 0.417 e. The molecule has 0 spiro atoms. The van der Waals surface area contributed by atoms with Crippen molar-refractivity contribution in [3.63, 3.8) is 0 Å². The Morgan fingerprint density at radius 2 is 1.93 bits per heavy atom. The zero-order valence-electron chi connectivity index (χ0n) is 9.31. The van der Waals surface area contributed by atoms with E-state index in [0.717, 1.165) is 6.07 Å². The van der Waals surface area contributed by atoms with Crippen LogP contribution in [-0.4, -0.2) is 14.9 Å². The van der Waals surface area contributed by atoms with Crippen molar-refractivity contribution in [1.82, 2.24) is 0 Å². The average Bonchev–Trinajstić information content (AvgIpc) is 2.09. The first-order valence-electron chi connectivity index (χ1n) is 5.02. The minimum absolute atomic E-state index is 0.477. The maximum Gasteiger partial charge on any atom is 0.191 e. The molecular weight excluding hydrogens is 214 g/mol. The van der Waals surface area contributed by atoms with Gasteiger partial charge in [0, 0.05) is 12.7 Å². The Hall–Kier alpha value is -0.743.